The summed E-state index contributed by atoms with van der Waals surface area (Å²) in [6.45, 7) is 1.90. The smallest absolute Gasteiger partial charge is 0.237 e. The molecule has 0 spiro atoms. The Bertz CT molecular complexity index is 861. The molecular weight excluding hydrogens is 350 g/mol. The first-order valence-electron chi connectivity index (χ1n) is 8.77. The first-order chi connectivity index (χ1) is 12.5. The molecule has 7 nitrogen and oxygen atoms in total. The van der Waals surface area contributed by atoms with E-state index >= 15 is 0 Å². The van der Waals surface area contributed by atoms with Crippen LogP contribution >= 0.6 is 11.8 Å². The molecule has 1 aromatic carbocycles. The van der Waals surface area contributed by atoms with E-state index in [2.05, 4.69) is 15.5 Å². The van der Waals surface area contributed by atoms with Crippen molar-refractivity contribution >= 4 is 35.0 Å². The van der Waals surface area contributed by atoms with Crippen LogP contribution in [0.5, 0.6) is 0 Å². The molecule has 0 bridgehead atoms. The Kier molecular flexibility index (Phi) is 4.44. The maximum absolute atomic E-state index is 13.0. The van der Waals surface area contributed by atoms with Gasteiger partial charge in [-0.1, -0.05) is 23.9 Å². The van der Waals surface area contributed by atoms with E-state index in [0.717, 1.165) is 16.7 Å². The van der Waals surface area contributed by atoms with Crippen LogP contribution in [-0.4, -0.2) is 38.4 Å². The number of carbonyl (C=O) groups excluding carboxylic acids is 2. The summed E-state index contributed by atoms with van der Waals surface area (Å²) in [5, 5.41) is 12.1. The van der Waals surface area contributed by atoms with Gasteiger partial charge in [0.1, 0.15) is 5.82 Å². The number of hydrogen-bond donors (Lipinski definition) is 1. The molecule has 1 atom stereocenters. The van der Waals surface area contributed by atoms with E-state index in [-0.39, 0.29) is 30.0 Å². The van der Waals surface area contributed by atoms with Crippen molar-refractivity contribution in [2.75, 3.05) is 16.0 Å². The summed E-state index contributed by atoms with van der Waals surface area (Å²) < 4.78 is 1.99. The zero-order chi connectivity index (χ0) is 18.3. The van der Waals surface area contributed by atoms with E-state index < -0.39 is 0 Å². The third-order valence-corrected chi connectivity index (χ3v) is 5.77. The molecular formula is C18H21N5O2S. The molecule has 1 aliphatic carbocycles. The van der Waals surface area contributed by atoms with E-state index in [0.29, 0.717) is 11.6 Å². The van der Waals surface area contributed by atoms with Crippen molar-refractivity contribution in [3.8, 4) is 0 Å². The van der Waals surface area contributed by atoms with E-state index in [1.165, 1.54) is 24.6 Å². The van der Waals surface area contributed by atoms with Crippen LogP contribution in [0, 0.1) is 0 Å². The number of rotatable bonds is 4. The van der Waals surface area contributed by atoms with Crippen LogP contribution in [0.1, 0.15) is 37.9 Å². The molecule has 1 saturated carbocycles. The molecule has 8 heteroatoms. The molecule has 1 N–H and O–H groups in total. The molecule has 2 amide bonds. The van der Waals surface area contributed by atoms with Gasteiger partial charge in [0.15, 0.2) is 5.16 Å². The predicted octanol–water partition coefficient (Wildman–Crippen LogP) is 2.55. The molecule has 0 saturated heterocycles. The fraction of sp³-hybridized carbons (Fsp3) is 0.444. The zero-order valence-corrected chi connectivity index (χ0v) is 15.6. The minimum atomic E-state index is -0.201. The largest absolute Gasteiger partial charge is 0.324 e. The number of nitrogens with one attached hydrogen (secondary N) is 1. The monoisotopic (exact) mass is 371 g/mol. The number of benzene rings is 1. The van der Waals surface area contributed by atoms with Gasteiger partial charge < -0.3 is 14.8 Å². The van der Waals surface area contributed by atoms with E-state index in [1.54, 1.807) is 4.90 Å². The quantitative estimate of drug-likeness (QED) is 0.836. The molecule has 2 aliphatic rings. The molecule has 1 aromatic heterocycles. The van der Waals surface area contributed by atoms with Crippen LogP contribution in [-0.2, 0) is 16.6 Å². The maximum Gasteiger partial charge on any atom is 0.237 e. The Morgan fingerprint density at radius 1 is 1.31 bits per heavy atom. The fourth-order valence-electron chi connectivity index (χ4n) is 3.31. The second-order valence-electron chi connectivity index (χ2n) is 6.84. The highest BCUT2D eigenvalue weighted by Crippen LogP contribution is 2.39. The Morgan fingerprint density at radius 3 is 2.85 bits per heavy atom. The van der Waals surface area contributed by atoms with Gasteiger partial charge in [0.25, 0.3) is 0 Å². The Morgan fingerprint density at radius 2 is 2.08 bits per heavy atom. The number of para-hydroxylation sites is 2. The van der Waals surface area contributed by atoms with Crippen LogP contribution in [0.2, 0.25) is 0 Å². The van der Waals surface area contributed by atoms with Gasteiger partial charge in [-0.15, -0.1) is 10.2 Å². The highest BCUT2D eigenvalue weighted by molar-refractivity contribution is 7.99. The minimum Gasteiger partial charge on any atom is -0.324 e. The lowest BCUT2D eigenvalue weighted by atomic mass is 10.2. The van der Waals surface area contributed by atoms with Crippen LogP contribution in [0.3, 0.4) is 0 Å². The van der Waals surface area contributed by atoms with Crippen molar-refractivity contribution in [2.24, 2.45) is 7.05 Å². The van der Waals surface area contributed by atoms with Crippen molar-refractivity contribution in [2.45, 2.75) is 43.3 Å². The average Bonchev–Trinajstić information content (AvgIpc) is 3.39. The number of thioether (sulfide) groups is 1. The van der Waals surface area contributed by atoms with Gasteiger partial charge in [0.2, 0.25) is 11.8 Å². The molecule has 4 rings (SSSR count). The van der Waals surface area contributed by atoms with Crippen molar-refractivity contribution in [3.05, 3.63) is 30.1 Å². The number of amides is 2. The van der Waals surface area contributed by atoms with Gasteiger partial charge in [-0.05, 0) is 31.9 Å². The Labute approximate surface area is 156 Å². The van der Waals surface area contributed by atoms with Gasteiger partial charge in [-0.25, -0.2) is 0 Å². The average molecular weight is 371 g/mol. The molecule has 0 unspecified atom stereocenters. The highest BCUT2D eigenvalue weighted by Gasteiger charge is 2.31. The second kappa shape index (κ2) is 6.75. The number of carbonyl (C=O) groups is 2. The molecule has 2 heterocycles. The maximum atomic E-state index is 13.0. The van der Waals surface area contributed by atoms with Crippen LogP contribution < -0.4 is 10.2 Å². The van der Waals surface area contributed by atoms with Crippen molar-refractivity contribution in [1.82, 2.24) is 14.8 Å². The molecule has 136 valence electrons. The summed E-state index contributed by atoms with van der Waals surface area (Å²) in [6.07, 6.45) is 2.61. The van der Waals surface area contributed by atoms with Gasteiger partial charge in [-0.2, -0.15) is 0 Å². The first-order valence-corrected chi connectivity index (χ1v) is 9.76. The fourth-order valence-corrected chi connectivity index (χ4v) is 4.09. The molecule has 26 heavy (non-hydrogen) atoms. The normalized spacial score (nSPS) is 19.7. The van der Waals surface area contributed by atoms with Crippen molar-refractivity contribution in [3.63, 3.8) is 0 Å². The van der Waals surface area contributed by atoms with E-state index in [9.17, 15) is 9.59 Å². The van der Waals surface area contributed by atoms with Gasteiger partial charge >= 0.3 is 0 Å². The SMILES string of the molecule is C[C@H]1CC(=O)Nc2ccccc2N1C(=O)CSc1nnc(C2CC2)n1C. The molecule has 1 fully saturated rings. The second-order valence-corrected chi connectivity index (χ2v) is 7.79. The van der Waals surface area contributed by atoms with Gasteiger partial charge in [0, 0.05) is 25.4 Å². The lowest BCUT2D eigenvalue weighted by Gasteiger charge is -2.27. The Balaban J connectivity index is 1.52. The summed E-state index contributed by atoms with van der Waals surface area (Å²) >= 11 is 1.39. The summed E-state index contributed by atoms with van der Waals surface area (Å²) in [6, 6.07) is 7.22. The number of aromatic nitrogens is 3. The van der Waals surface area contributed by atoms with E-state index in [1.807, 2.05) is 42.8 Å². The van der Waals surface area contributed by atoms with Crippen LogP contribution in [0.15, 0.2) is 29.4 Å². The standard InChI is InChI=1S/C18H21N5O2S/c1-11-9-15(24)19-13-5-3-4-6-14(13)23(11)16(25)10-26-18-21-20-17(22(18)2)12-7-8-12/h3-6,11-12H,7-10H2,1-2H3,(H,19,24)/t11-/m0/s1. The van der Waals surface area contributed by atoms with Gasteiger partial charge in [-0.3, -0.25) is 9.59 Å². The third kappa shape index (κ3) is 3.21. The number of hydrogen-bond acceptors (Lipinski definition) is 5. The number of nitrogens with zero attached hydrogens (tertiary/aromatic N) is 4. The topological polar surface area (TPSA) is 80.1 Å². The zero-order valence-electron chi connectivity index (χ0n) is 14.8. The Hall–Kier alpha value is -2.35. The number of fused-ring (bicyclic) bond motifs is 1. The predicted molar refractivity (Wildman–Crippen MR) is 100 cm³/mol. The minimum absolute atomic E-state index is 0.0394. The lowest BCUT2D eigenvalue weighted by Crippen LogP contribution is -2.40. The van der Waals surface area contributed by atoms with E-state index in [4.69, 9.17) is 0 Å². The number of anilines is 2. The molecule has 1 aliphatic heterocycles. The van der Waals surface area contributed by atoms with Gasteiger partial charge in [0.05, 0.1) is 17.1 Å². The highest BCUT2D eigenvalue weighted by atomic mass is 32.2. The third-order valence-electron chi connectivity index (χ3n) is 4.76. The summed E-state index contributed by atoms with van der Waals surface area (Å²) in [5.41, 5.74) is 1.42. The lowest BCUT2D eigenvalue weighted by molar-refractivity contribution is -0.117. The van der Waals surface area contributed by atoms with Crippen molar-refractivity contribution < 1.29 is 9.59 Å². The van der Waals surface area contributed by atoms with Crippen LogP contribution in [0.4, 0.5) is 11.4 Å². The summed E-state index contributed by atoms with van der Waals surface area (Å²) in [7, 11) is 1.95. The summed E-state index contributed by atoms with van der Waals surface area (Å²) in [5.74, 6) is 1.66. The van der Waals surface area contributed by atoms with Crippen LogP contribution in [0.25, 0.3) is 0 Å². The van der Waals surface area contributed by atoms with Crippen molar-refractivity contribution in [1.29, 1.82) is 0 Å². The molecule has 0 radical (unpaired) electrons. The summed E-state index contributed by atoms with van der Waals surface area (Å²) in [4.78, 5) is 26.7. The molecule has 2 aromatic rings. The first kappa shape index (κ1) is 17.1.